The van der Waals surface area contributed by atoms with Crippen LogP contribution < -0.4 is 10.6 Å². The summed E-state index contributed by atoms with van der Waals surface area (Å²) in [7, 11) is 0. The third kappa shape index (κ3) is 3.36. The third-order valence-corrected chi connectivity index (χ3v) is 4.48. The van der Waals surface area contributed by atoms with E-state index < -0.39 is 0 Å². The number of aromatic nitrogens is 2. The van der Waals surface area contributed by atoms with Crippen LogP contribution >= 0.6 is 27.5 Å². The van der Waals surface area contributed by atoms with E-state index in [4.69, 9.17) is 17.3 Å². The average molecular weight is 368 g/mol. The van der Waals surface area contributed by atoms with E-state index in [1.807, 2.05) is 24.3 Å². The smallest absolute Gasteiger partial charge is 0.225 e. The van der Waals surface area contributed by atoms with E-state index in [-0.39, 0.29) is 0 Å². The first-order valence-corrected chi connectivity index (χ1v) is 8.09. The van der Waals surface area contributed by atoms with Crippen molar-refractivity contribution < 1.29 is 0 Å². The highest BCUT2D eigenvalue weighted by Gasteiger charge is 2.18. The minimum absolute atomic E-state index is 0.297. The van der Waals surface area contributed by atoms with Gasteiger partial charge in [-0.3, -0.25) is 0 Å². The largest absolute Gasteiger partial charge is 0.341 e. The van der Waals surface area contributed by atoms with E-state index in [0.29, 0.717) is 11.1 Å². The van der Waals surface area contributed by atoms with E-state index in [1.54, 1.807) is 6.20 Å². The number of hydrogen-bond donors (Lipinski definition) is 1. The average Bonchev–Trinajstić information content (AvgIpc) is 2.48. The van der Waals surface area contributed by atoms with Crippen LogP contribution in [0.3, 0.4) is 0 Å². The first-order valence-electron chi connectivity index (χ1n) is 6.92. The number of anilines is 1. The molecule has 0 unspecified atom stereocenters. The van der Waals surface area contributed by atoms with Gasteiger partial charge in [0.15, 0.2) is 0 Å². The van der Waals surface area contributed by atoms with Crippen molar-refractivity contribution in [3.8, 4) is 11.3 Å². The first kappa shape index (κ1) is 14.8. The molecule has 21 heavy (non-hydrogen) atoms. The third-order valence-electron chi connectivity index (χ3n) is 3.67. The van der Waals surface area contributed by atoms with Crippen LogP contribution in [0.1, 0.15) is 12.8 Å². The Morgan fingerprint density at radius 2 is 2.00 bits per heavy atom. The van der Waals surface area contributed by atoms with Crippen LogP contribution in [0.4, 0.5) is 5.95 Å². The number of nitrogens with two attached hydrogens (primary N) is 1. The molecule has 0 amide bonds. The molecule has 1 aromatic heterocycles. The number of benzene rings is 1. The molecule has 1 aliphatic rings. The molecule has 0 aliphatic carbocycles. The number of halogens is 2. The lowest BCUT2D eigenvalue weighted by molar-refractivity contribution is 0.495. The first-order chi connectivity index (χ1) is 10.1. The minimum Gasteiger partial charge on any atom is -0.341 e. The van der Waals surface area contributed by atoms with E-state index in [2.05, 4.69) is 30.8 Å². The number of rotatable bonds is 2. The zero-order valence-corrected chi connectivity index (χ0v) is 13.8. The van der Waals surface area contributed by atoms with Gasteiger partial charge in [0.25, 0.3) is 0 Å². The normalized spacial score (nSPS) is 16.2. The summed E-state index contributed by atoms with van der Waals surface area (Å²) in [4.78, 5) is 11.2. The molecule has 0 atom stereocenters. The second-order valence-corrected chi connectivity index (χ2v) is 6.51. The Morgan fingerprint density at radius 3 is 2.71 bits per heavy atom. The topological polar surface area (TPSA) is 55.0 Å². The van der Waals surface area contributed by atoms with E-state index in [0.717, 1.165) is 47.6 Å². The molecular formula is C15H16BrClN4. The summed E-state index contributed by atoms with van der Waals surface area (Å²) in [5.41, 5.74) is 7.69. The van der Waals surface area contributed by atoms with Crippen molar-refractivity contribution in [3.63, 3.8) is 0 Å². The highest BCUT2D eigenvalue weighted by Crippen LogP contribution is 2.30. The fraction of sp³-hybridized carbons (Fsp3) is 0.333. The fourth-order valence-corrected chi connectivity index (χ4v) is 3.22. The van der Waals surface area contributed by atoms with Crippen molar-refractivity contribution in [2.24, 2.45) is 5.73 Å². The van der Waals surface area contributed by atoms with E-state index >= 15 is 0 Å². The maximum Gasteiger partial charge on any atom is 0.225 e. The SMILES string of the molecule is NC1CCN(c2nccc(-c3ccc(Br)cc3Cl)n2)CC1. The molecule has 6 heteroatoms. The molecule has 1 aromatic carbocycles. The molecule has 0 saturated carbocycles. The quantitative estimate of drug-likeness (QED) is 0.883. The molecule has 110 valence electrons. The molecule has 1 fully saturated rings. The van der Waals surface area contributed by atoms with Crippen molar-refractivity contribution in [2.45, 2.75) is 18.9 Å². The zero-order valence-electron chi connectivity index (χ0n) is 11.5. The fourth-order valence-electron chi connectivity index (χ4n) is 2.45. The molecule has 0 spiro atoms. The van der Waals surface area contributed by atoms with Gasteiger partial charge in [0.1, 0.15) is 0 Å². The number of nitrogens with zero attached hydrogens (tertiary/aromatic N) is 3. The van der Waals surface area contributed by atoms with Crippen LogP contribution in [0.25, 0.3) is 11.3 Å². The van der Waals surface area contributed by atoms with E-state index in [1.165, 1.54) is 0 Å². The Morgan fingerprint density at radius 1 is 1.24 bits per heavy atom. The van der Waals surface area contributed by atoms with Gasteiger partial charge in [-0.25, -0.2) is 9.97 Å². The van der Waals surface area contributed by atoms with Crippen molar-refractivity contribution in [3.05, 3.63) is 40.0 Å². The Kier molecular flexibility index (Phi) is 4.42. The summed E-state index contributed by atoms with van der Waals surface area (Å²) in [6.07, 6.45) is 3.74. The van der Waals surface area contributed by atoms with Crippen molar-refractivity contribution in [2.75, 3.05) is 18.0 Å². The predicted octanol–water partition coefficient (Wildman–Crippen LogP) is 3.49. The number of hydrogen-bond acceptors (Lipinski definition) is 4. The molecule has 4 nitrogen and oxygen atoms in total. The minimum atomic E-state index is 0.297. The van der Waals surface area contributed by atoms with Gasteiger partial charge in [-0.15, -0.1) is 0 Å². The summed E-state index contributed by atoms with van der Waals surface area (Å²) < 4.78 is 0.954. The van der Waals surface area contributed by atoms with Crippen LogP contribution in [-0.4, -0.2) is 29.1 Å². The van der Waals surface area contributed by atoms with Crippen LogP contribution in [0.15, 0.2) is 34.9 Å². The summed E-state index contributed by atoms with van der Waals surface area (Å²) in [5.74, 6) is 0.749. The monoisotopic (exact) mass is 366 g/mol. The Bertz CT molecular complexity index is 641. The summed E-state index contributed by atoms with van der Waals surface area (Å²) in [6.45, 7) is 1.80. The van der Waals surface area contributed by atoms with Gasteiger partial charge in [-0.05, 0) is 31.0 Å². The van der Waals surface area contributed by atoms with Crippen LogP contribution in [0, 0.1) is 0 Å². The highest BCUT2D eigenvalue weighted by molar-refractivity contribution is 9.10. The van der Waals surface area contributed by atoms with Gasteiger partial charge in [-0.2, -0.15) is 0 Å². The summed E-state index contributed by atoms with van der Waals surface area (Å²) in [5, 5.41) is 0.676. The Hall–Kier alpha value is -1.17. The molecule has 0 radical (unpaired) electrons. The second kappa shape index (κ2) is 6.30. The van der Waals surface area contributed by atoms with Crippen molar-refractivity contribution in [1.29, 1.82) is 0 Å². The maximum atomic E-state index is 6.30. The van der Waals surface area contributed by atoms with Crippen molar-refractivity contribution >= 4 is 33.5 Å². The molecular weight excluding hydrogens is 352 g/mol. The van der Waals surface area contributed by atoms with Crippen LogP contribution in [-0.2, 0) is 0 Å². The van der Waals surface area contributed by atoms with E-state index in [9.17, 15) is 0 Å². The van der Waals surface area contributed by atoms with Crippen LogP contribution in [0.5, 0.6) is 0 Å². The lowest BCUT2D eigenvalue weighted by Gasteiger charge is -2.30. The predicted molar refractivity (Wildman–Crippen MR) is 89.6 cm³/mol. The van der Waals surface area contributed by atoms with Crippen LogP contribution in [0.2, 0.25) is 5.02 Å². The lowest BCUT2D eigenvalue weighted by Crippen LogP contribution is -2.40. The standard InChI is InChI=1S/C15H16BrClN4/c16-10-1-2-12(13(17)9-10)14-3-6-19-15(20-14)21-7-4-11(18)5-8-21/h1-3,6,9,11H,4-5,7-8,18H2. The summed E-state index contributed by atoms with van der Waals surface area (Å²) >= 11 is 9.71. The summed E-state index contributed by atoms with van der Waals surface area (Å²) in [6, 6.07) is 7.98. The molecule has 2 N–H and O–H groups in total. The van der Waals surface area contributed by atoms with Gasteiger partial charge in [0.2, 0.25) is 5.95 Å². The molecule has 0 bridgehead atoms. The zero-order chi connectivity index (χ0) is 14.8. The molecule has 1 aliphatic heterocycles. The molecule has 1 saturated heterocycles. The van der Waals surface area contributed by atoms with Gasteiger partial charge in [-0.1, -0.05) is 33.6 Å². The Labute approximate surface area is 137 Å². The molecule has 3 rings (SSSR count). The maximum absolute atomic E-state index is 6.30. The lowest BCUT2D eigenvalue weighted by atomic mass is 10.1. The highest BCUT2D eigenvalue weighted by atomic mass is 79.9. The molecule has 2 heterocycles. The molecule has 2 aromatic rings. The Balaban J connectivity index is 1.89. The van der Waals surface area contributed by atoms with Gasteiger partial charge in [0.05, 0.1) is 10.7 Å². The van der Waals surface area contributed by atoms with Gasteiger partial charge >= 0.3 is 0 Å². The van der Waals surface area contributed by atoms with Gasteiger partial charge < -0.3 is 10.6 Å². The van der Waals surface area contributed by atoms with Gasteiger partial charge in [0, 0.05) is 35.4 Å². The number of piperidine rings is 1. The second-order valence-electron chi connectivity index (χ2n) is 5.19. The van der Waals surface area contributed by atoms with Crippen molar-refractivity contribution in [1.82, 2.24) is 9.97 Å².